The Labute approximate surface area is 128 Å². The third-order valence-corrected chi connectivity index (χ3v) is 3.94. The summed E-state index contributed by atoms with van der Waals surface area (Å²) in [6.07, 6.45) is 4.03. The first kappa shape index (κ1) is 15.5. The Hall–Kier alpha value is -1.85. The van der Waals surface area contributed by atoms with Gasteiger partial charge in [-0.25, -0.2) is 0 Å². The lowest BCUT2D eigenvalue weighted by atomic mass is 10.1. The van der Waals surface area contributed by atoms with Gasteiger partial charge < -0.3 is 10.4 Å². The van der Waals surface area contributed by atoms with Crippen molar-refractivity contribution >= 4 is 17.7 Å². The third-order valence-electron chi connectivity index (χ3n) is 2.93. The summed E-state index contributed by atoms with van der Waals surface area (Å²) >= 11 is 1.45. The van der Waals surface area contributed by atoms with Crippen molar-refractivity contribution in [2.45, 2.75) is 17.4 Å². The lowest BCUT2D eigenvalue weighted by Crippen LogP contribution is -2.40. The number of rotatable bonds is 7. The molecule has 0 spiro atoms. The number of thioether (sulfide) groups is 1. The van der Waals surface area contributed by atoms with Gasteiger partial charge in [-0.1, -0.05) is 30.3 Å². The Kier molecular flexibility index (Phi) is 6.24. The summed E-state index contributed by atoms with van der Waals surface area (Å²) in [5, 5.41) is 12.3. The highest BCUT2D eigenvalue weighted by Gasteiger charge is 2.12. The number of amides is 1. The average Bonchev–Trinajstić information content (AvgIpc) is 2.54. The van der Waals surface area contributed by atoms with Crippen molar-refractivity contribution in [3.05, 3.63) is 60.4 Å². The van der Waals surface area contributed by atoms with Gasteiger partial charge in [-0.3, -0.25) is 9.78 Å². The summed E-state index contributed by atoms with van der Waals surface area (Å²) in [5.74, 6) is 0.252. The van der Waals surface area contributed by atoms with Crippen LogP contribution in [0.15, 0.2) is 59.8 Å². The molecular formula is C16H18N2O2S. The first-order valence-electron chi connectivity index (χ1n) is 6.75. The second kappa shape index (κ2) is 8.44. The van der Waals surface area contributed by atoms with E-state index in [9.17, 15) is 9.90 Å². The topological polar surface area (TPSA) is 62.2 Å². The molecule has 0 aliphatic heterocycles. The quantitative estimate of drug-likeness (QED) is 0.767. The van der Waals surface area contributed by atoms with Crippen LogP contribution in [-0.4, -0.2) is 34.4 Å². The molecule has 21 heavy (non-hydrogen) atoms. The maximum absolute atomic E-state index is 11.9. The molecule has 1 aromatic heterocycles. The maximum atomic E-state index is 11.9. The van der Waals surface area contributed by atoms with Gasteiger partial charge in [-0.2, -0.15) is 0 Å². The van der Waals surface area contributed by atoms with Gasteiger partial charge in [0.25, 0.3) is 0 Å². The number of nitrogens with one attached hydrogen (secondary N) is 1. The lowest BCUT2D eigenvalue weighted by Gasteiger charge is -2.16. The van der Waals surface area contributed by atoms with Crippen LogP contribution in [0.25, 0.3) is 0 Å². The number of carbonyl (C=O) groups excluding carboxylic acids is 1. The van der Waals surface area contributed by atoms with Gasteiger partial charge in [0.15, 0.2) is 0 Å². The van der Waals surface area contributed by atoms with E-state index in [1.165, 1.54) is 11.8 Å². The number of nitrogens with zero attached hydrogens (tertiary/aromatic N) is 1. The van der Waals surface area contributed by atoms with Gasteiger partial charge in [0.05, 0.1) is 18.4 Å². The zero-order chi connectivity index (χ0) is 14.9. The number of carbonyl (C=O) groups is 1. The van der Waals surface area contributed by atoms with E-state index >= 15 is 0 Å². The first-order chi connectivity index (χ1) is 10.3. The fourth-order valence-corrected chi connectivity index (χ4v) is 2.61. The smallest absolute Gasteiger partial charge is 0.230 e. The summed E-state index contributed by atoms with van der Waals surface area (Å²) in [6.45, 7) is -0.0689. The SMILES string of the molecule is O=C(CSc1ccncc1)NC(CO)Cc1ccccc1. The van der Waals surface area contributed by atoms with E-state index in [0.717, 1.165) is 10.5 Å². The molecule has 5 heteroatoms. The minimum absolute atomic E-state index is 0.0689. The summed E-state index contributed by atoms with van der Waals surface area (Å²) in [7, 11) is 0. The molecule has 2 N–H and O–H groups in total. The van der Waals surface area contributed by atoms with E-state index in [1.54, 1.807) is 12.4 Å². The summed E-state index contributed by atoms with van der Waals surface area (Å²) in [5.41, 5.74) is 1.10. The Morgan fingerprint density at radius 1 is 1.19 bits per heavy atom. The third kappa shape index (κ3) is 5.57. The van der Waals surface area contributed by atoms with Crippen molar-refractivity contribution in [2.75, 3.05) is 12.4 Å². The van der Waals surface area contributed by atoms with Gasteiger partial charge >= 0.3 is 0 Å². The van der Waals surface area contributed by atoms with Crippen molar-refractivity contribution in [3.63, 3.8) is 0 Å². The molecular weight excluding hydrogens is 284 g/mol. The molecule has 110 valence electrons. The number of hydrogen-bond donors (Lipinski definition) is 2. The Morgan fingerprint density at radius 3 is 2.57 bits per heavy atom. The predicted molar refractivity (Wildman–Crippen MR) is 84.1 cm³/mol. The first-order valence-corrected chi connectivity index (χ1v) is 7.73. The zero-order valence-electron chi connectivity index (χ0n) is 11.6. The molecule has 4 nitrogen and oxygen atoms in total. The van der Waals surface area contributed by atoms with Gasteiger partial charge in [-0.15, -0.1) is 11.8 Å². The van der Waals surface area contributed by atoms with Crippen molar-refractivity contribution in [1.29, 1.82) is 0 Å². The van der Waals surface area contributed by atoms with Gasteiger partial charge in [0.2, 0.25) is 5.91 Å². The fourth-order valence-electron chi connectivity index (χ4n) is 1.91. The number of hydrogen-bond acceptors (Lipinski definition) is 4. The van der Waals surface area contributed by atoms with E-state index in [1.807, 2.05) is 42.5 Å². The van der Waals surface area contributed by atoms with Crippen molar-refractivity contribution in [2.24, 2.45) is 0 Å². The number of aromatic nitrogens is 1. The molecule has 1 heterocycles. The van der Waals surface area contributed by atoms with E-state index in [2.05, 4.69) is 10.3 Å². The number of aliphatic hydroxyl groups excluding tert-OH is 1. The van der Waals surface area contributed by atoms with Crippen LogP contribution in [0.4, 0.5) is 0 Å². The summed E-state index contributed by atoms with van der Waals surface area (Å²) in [4.78, 5) is 16.9. The van der Waals surface area contributed by atoms with Crippen LogP contribution < -0.4 is 5.32 Å². The van der Waals surface area contributed by atoms with Crippen LogP contribution in [0.2, 0.25) is 0 Å². The molecule has 2 rings (SSSR count). The Morgan fingerprint density at radius 2 is 1.90 bits per heavy atom. The largest absolute Gasteiger partial charge is 0.394 e. The zero-order valence-corrected chi connectivity index (χ0v) is 12.4. The van der Waals surface area contributed by atoms with Gasteiger partial charge in [0.1, 0.15) is 0 Å². The average molecular weight is 302 g/mol. The standard InChI is InChI=1S/C16H18N2O2S/c19-11-14(10-13-4-2-1-3-5-13)18-16(20)12-21-15-6-8-17-9-7-15/h1-9,14,19H,10-12H2,(H,18,20). The fraction of sp³-hybridized carbons (Fsp3) is 0.250. The highest BCUT2D eigenvalue weighted by Crippen LogP contribution is 2.15. The highest BCUT2D eigenvalue weighted by atomic mass is 32.2. The minimum Gasteiger partial charge on any atom is -0.394 e. The van der Waals surface area contributed by atoms with E-state index in [-0.39, 0.29) is 18.6 Å². The number of benzene rings is 1. The molecule has 1 amide bonds. The normalized spacial score (nSPS) is 11.9. The lowest BCUT2D eigenvalue weighted by molar-refractivity contribution is -0.119. The number of aliphatic hydroxyl groups is 1. The molecule has 0 saturated heterocycles. The van der Waals surface area contributed by atoms with Crippen LogP contribution in [0, 0.1) is 0 Å². The Bertz CT molecular complexity index is 549. The van der Waals surface area contributed by atoms with E-state index in [4.69, 9.17) is 0 Å². The van der Waals surface area contributed by atoms with Gasteiger partial charge in [-0.05, 0) is 24.1 Å². The molecule has 0 radical (unpaired) electrons. The van der Waals surface area contributed by atoms with Crippen LogP contribution in [-0.2, 0) is 11.2 Å². The van der Waals surface area contributed by atoms with Crippen LogP contribution in [0.1, 0.15) is 5.56 Å². The molecule has 0 saturated carbocycles. The molecule has 2 aromatic rings. The van der Waals surface area contributed by atoms with E-state index in [0.29, 0.717) is 12.2 Å². The van der Waals surface area contributed by atoms with Crippen LogP contribution in [0.3, 0.4) is 0 Å². The van der Waals surface area contributed by atoms with Crippen molar-refractivity contribution < 1.29 is 9.90 Å². The highest BCUT2D eigenvalue weighted by molar-refractivity contribution is 8.00. The second-order valence-corrected chi connectivity index (χ2v) is 5.66. The van der Waals surface area contributed by atoms with Gasteiger partial charge in [0, 0.05) is 17.3 Å². The van der Waals surface area contributed by atoms with Crippen molar-refractivity contribution in [1.82, 2.24) is 10.3 Å². The number of pyridine rings is 1. The molecule has 1 aromatic carbocycles. The summed E-state index contributed by atoms with van der Waals surface area (Å²) < 4.78 is 0. The molecule has 1 atom stereocenters. The molecule has 1 unspecified atom stereocenters. The molecule has 0 fully saturated rings. The van der Waals surface area contributed by atoms with Crippen LogP contribution >= 0.6 is 11.8 Å². The van der Waals surface area contributed by atoms with E-state index < -0.39 is 0 Å². The molecule has 0 aliphatic rings. The second-order valence-electron chi connectivity index (χ2n) is 4.61. The monoisotopic (exact) mass is 302 g/mol. The Balaban J connectivity index is 1.80. The molecule has 0 aliphatic carbocycles. The van der Waals surface area contributed by atoms with Crippen LogP contribution in [0.5, 0.6) is 0 Å². The summed E-state index contributed by atoms with van der Waals surface area (Å²) in [6, 6.07) is 13.3. The minimum atomic E-state index is -0.252. The molecule has 0 bridgehead atoms. The van der Waals surface area contributed by atoms with Crippen molar-refractivity contribution in [3.8, 4) is 0 Å². The maximum Gasteiger partial charge on any atom is 0.230 e. The predicted octanol–water partition coefficient (Wildman–Crippen LogP) is 1.89.